The lowest BCUT2D eigenvalue weighted by Crippen LogP contribution is -1.92. The Morgan fingerprint density at radius 2 is 0.766 bits per heavy atom. The van der Waals surface area contributed by atoms with Gasteiger partial charge in [-0.05, 0) is 101 Å². The van der Waals surface area contributed by atoms with Crippen LogP contribution in [-0.4, -0.2) is 0 Å². The molecule has 0 nitrogen and oxygen atoms in total. The second kappa shape index (κ2) is 10.4. The molecular weight excluding hydrogens is 585 g/mol. The third-order valence-electron chi connectivity index (χ3n) is 9.85. The first-order chi connectivity index (χ1) is 23.3. The van der Waals surface area contributed by atoms with Gasteiger partial charge >= 0.3 is 0 Å². The molecule has 0 saturated heterocycles. The van der Waals surface area contributed by atoms with Gasteiger partial charge in [0.2, 0.25) is 0 Å². The van der Waals surface area contributed by atoms with Crippen molar-refractivity contribution >= 4 is 74.6 Å². The number of hydrogen-bond acceptors (Lipinski definition) is 1. The lowest BCUT2D eigenvalue weighted by Gasteiger charge is -2.19. The molecule has 0 unspecified atom stereocenters. The van der Waals surface area contributed by atoms with Gasteiger partial charge in [-0.2, -0.15) is 0 Å². The van der Waals surface area contributed by atoms with E-state index in [9.17, 15) is 0 Å². The van der Waals surface area contributed by atoms with E-state index in [2.05, 4.69) is 170 Å². The molecule has 1 heteroatoms. The van der Waals surface area contributed by atoms with Crippen LogP contribution >= 0.6 is 11.3 Å². The Kier molecular flexibility index (Phi) is 5.85. The number of benzene rings is 9. The van der Waals surface area contributed by atoms with E-state index < -0.39 is 0 Å². The molecular formula is C46H28S. The first-order valence-electron chi connectivity index (χ1n) is 16.2. The molecule has 0 bridgehead atoms. The van der Waals surface area contributed by atoms with Crippen LogP contribution in [-0.2, 0) is 0 Å². The Hall–Kier alpha value is -5.76. The summed E-state index contributed by atoms with van der Waals surface area (Å²) in [5, 5.41) is 12.9. The molecule has 0 amide bonds. The van der Waals surface area contributed by atoms with Crippen molar-refractivity contribution in [1.82, 2.24) is 0 Å². The van der Waals surface area contributed by atoms with E-state index in [4.69, 9.17) is 0 Å². The second-order valence-corrected chi connectivity index (χ2v) is 13.5. The highest BCUT2D eigenvalue weighted by Crippen LogP contribution is 2.46. The van der Waals surface area contributed by atoms with Crippen molar-refractivity contribution in [2.45, 2.75) is 0 Å². The minimum atomic E-state index is 1.23. The first-order valence-corrected chi connectivity index (χ1v) is 17.0. The fraction of sp³-hybridized carbons (Fsp3) is 0. The maximum absolute atomic E-state index is 2.40. The van der Waals surface area contributed by atoms with Crippen molar-refractivity contribution < 1.29 is 0 Å². The molecule has 1 heterocycles. The molecule has 0 fully saturated rings. The van der Waals surface area contributed by atoms with Crippen LogP contribution in [0.1, 0.15) is 0 Å². The molecule has 1 aromatic heterocycles. The van der Waals surface area contributed by atoms with Gasteiger partial charge in [0, 0.05) is 20.2 Å². The van der Waals surface area contributed by atoms with Crippen molar-refractivity contribution in [3.8, 4) is 33.4 Å². The highest BCUT2D eigenvalue weighted by atomic mass is 32.1. The van der Waals surface area contributed by atoms with Crippen molar-refractivity contribution in [1.29, 1.82) is 0 Å². The summed E-state index contributed by atoms with van der Waals surface area (Å²) < 4.78 is 2.68. The number of hydrogen-bond donors (Lipinski definition) is 0. The quantitative estimate of drug-likeness (QED) is 0.138. The van der Waals surface area contributed by atoms with Crippen molar-refractivity contribution in [3.05, 3.63) is 170 Å². The molecule has 218 valence electrons. The maximum atomic E-state index is 2.40. The van der Waals surface area contributed by atoms with Crippen LogP contribution < -0.4 is 0 Å². The number of rotatable bonds is 3. The monoisotopic (exact) mass is 612 g/mol. The second-order valence-electron chi connectivity index (χ2n) is 12.4. The molecule has 9 aromatic carbocycles. The minimum absolute atomic E-state index is 1.23. The van der Waals surface area contributed by atoms with Gasteiger partial charge in [0.1, 0.15) is 0 Å². The Morgan fingerprint density at radius 3 is 1.47 bits per heavy atom. The molecule has 0 aliphatic heterocycles. The summed E-state index contributed by atoms with van der Waals surface area (Å²) in [7, 11) is 0. The molecule has 0 radical (unpaired) electrons. The normalized spacial score (nSPS) is 11.8. The SMILES string of the molecule is c1ccc2c(c1)cc(-c1c3ccccc3c(-c3ccc(-c4ccc5sc6ccccc6c5c4)cc3)c3ccccc13)c1ccccc12. The molecule has 47 heavy (non-hydrogen) atoms. The highest BCUT2D eigenvalue weighted by Gasteiger charge is 2.19. The van der Waals surface area contributed by atoms with Gasteiger partial charge in [0.25, 0.3) is 0 Å². The molecule has 0 aliphatic rings. The predicted octanol–water partition coefficient (Wildman–Crippen LogP) is 13.7. The van der Waals surface area contributed by atoms with Gasteiger partial charge < -0.3 is 0 Å². The van der Waals surface area contributed by atoms with Crippen LogP contribution in [0.15, 0.2) is 170 Å². The summed E-state index contributed by atoms with van der Waals surface area (Å²) in [5.41, 5.74) is 7.59. The summed E-state index contributed by atoms with van der Waals surface area (Å²) in [4.78, 5) is 0. The van der Waals surface area contributed by atoms with E-state index >= 15 is 0 Å². The number of thiophene rings is 1. The van der Waals surface area contributed by atoms with E-state index in [1.54, 1.807) is 0 Å². The zero-order chi connectivity index (χ0) is 30.9. The summed E-state index contributed by atoms with van der Waals surface area (Å²) in [6.45, 7) is 0. The Balaban J connectivity index is 1.19. The van der Waals surface area contributed by atoms with Crippen molar-refractivity contribution in [2.75, 3.05) is 0 Å². The highest BCUT2D eigenvalue weighted by molar-refractivity contribution is 7.25. The molecule has 0 aliphatic carbocycles. The van der Waals surface area contributed by atoms with Gasteiger partial charge in [0.15, 0.2) is 0 Å². The average Bonchev–Trinajstić information content (AvgIpc) is 3.52. The third-order valence-corrected chi connectivity index (χ3v) is 11.0. The Labute approximate surface area is 276 Å². The van der Waals surface area contributed by atoms with Crippen LogP contribution in [0.2, 0.25) is 0 Å². The maximum Gasteiger partial charge on any atom is 0.0355 e. The number of fused-ring (bicyclic) bond motifs is 8. The molecule has 0 spiro atoms. The van der Waals surface area contributed by atoms with Crippen LogP contribution in [0.3, 0.4) is 0 Å². The summed E-state index contributed by atoms with van der Waals surface area (Å²) in [6, 6.07) is 62.8. The van der Waals surface area contributed by atoms with Crippen LogP contribution in [0.4, 0.5) is 0 Å². The van der Waals surface area contributed by atoms with Crippen molar-refractivity contribution in [3.63, 3.8) is 0 Å². The smallest absolute Gasteiger partial charge is 0.0355 e. The summed E-state index contributed by atoms with van der Waals surface area (Å²) in [5.74, 6) is 0. The zero-order valence-corrected chi connectivity index (χ0v) is 26.4. The van der Waals surface area contributed by atoms with E-state index in [1.807, 2.05) is 11.3 Å². The van der Waals surface area contributed by atoms with Gasteiger partial charge in [-0.3, -0.25) is 0 Å². The Morgan fingerprint density at radius 1 is 0.277 bits per heavy atom. The van der Waals surface area contributed by atoms with E-state index in [-0.39, 0.29) is 0 Å². The molecule has 0 saturated carbocycles. The van der Waals surface area contributed by atoms with Crippen molar-refractivity contribution in [2.24, 2.45) is 0 Å². The van der Waals surface area contributed by atoms with Gasteiger partial charge in [-0.15, -0.1) is 11.3 Å². The third kappa shape index (κ3) is 4.07. The fourth-order valence-corrected chi connectivity index (χ4v) is 8.81. The van der Waals surface area contributed by atoms with E-state index in [1.165, 1.54) is 96.6 Å². The molecule has 10 rings (SSSR count). The first kappa shape index (κ1) is 26.5. The average molecular weight is 613 g/mol. The minimum Gasteiger partial charge on any atom is -0.135 e. The lowest BCUT2D eigenvalue weighted by molar-refractivity contribution is 1.64. The van der Waals surface area contributed by atoms with Crippen LogP contribution in [0.25, 0.3) is 96.6 Å². The predicted molar refractivity (Wildman–Crippen MR) is 206 cm³/mol. The van der Waals surface area contributed by atoms with E-state index in [0.29, 0.717) is 0 Å². The summed E-state index contributed by atoms with van der Waals surface area (Å²) >= 11 is 1.87. The molecule has 0 N–H and O–H groups in total. The van der Waals surface area contributed by atoms with Gasteiger partial charge in [0.05, 0.1) is 0 Å². The van der Waals surface area contributed by atoms with E-state index in [0.717, 1.165) is 0 Å². The van der Waals surface area contributed by atoms with Gasteiger partial charge in [-0.25, -0.2) is 0 Å². The van der Waals surface area contributed by atoms with Crippen LogP contribution in [0.5, 0.6) is 0 Å². The molecule has 0 atom stereocenters. The lowest BCUT2D eigenvalue weighted by atomic mass is 9.83. The Bertz CT molecular complexity index is 2780. The standard InChI is InChI=1S/C46H28S/c1-2-12-33-32(11-1)28-42(35-14-4-3-13-34(33)35)46-39-18-7-5-16-37(39)45(38-17-6-8-19-40(38)46)30-23-21-29(22-24-30)31-25-26-44-41(27-31)36-15-9-10-20-43(36)47-44/h1-28H. The summed E-state index contributed by atoms with van der Waals surface area (Å²) in [6.07, 6.45) is 0. The largest absolute Gasteiger partial charge is 0.135 e. The van der Waals surface area contributed by atoms with Gasteiger partial charge in [-0.1, -0.05) is 146 Å². The topological polar surface area (TPSA) is 0 Å². The zero-order valence-electron chi connectivity index (χ0n) is 25.6. The van der Waals surface area contributed by atoms with Crippen LogP contribution in [0, 0.1) is 0 Å². The molecule has 10 aromatic rings. The fourth-order valence-electron chi connectivity index (χ4n) is 7.73.